The Balaban J connectivity index is 0.000000261. The van der Waals surface area contributed by atoms with Crippen LogP contribution in [0.5, 0.6) is 11.5 Å². The molecule has 1 saturated carbocycles. The molecule has 0 amide bonds. The lowest BCUT2D eigenvalue weighted by Crippen LogP contribution is -2.10. The molecule has 1 aromatic heterocycles. The van der Waals surface area contributed by atoms with Gasteiger partial charge in [-0.2, -0.15) is 0 Å². The van der Waals surface area contributed by atoms with Gasteiger partial charge in [0.1, 0.15) is 11.5 Å². The van der Waals surface area contributed by atoms with E-state index in [-0.39, 0.29) is 10.8 Å². The Kier molecular flexibility index (Phi) is 50.7. The van der Waals surface area contributed by atoms with Gasteiger partial charge in [0.2, 0.25) is 0 Å². The smallest absolute Gasteiger partial charge is 0.150 e. The standard InChI is InChI=1S/C16H18.C15H17NO.C15H22.C14H22.C13H20.C12H13NS.2C11H16.C10H13Cl.C9H11Cl/c1-12(2)14-7-9-15(10-8-14)16-6-4-5-13(3)11-16;1-11(2)12-7-9-13(10-8-12)17-15-6-4-3-5-14(15)16;1-12(2)13-8-10-15(11-9-13)14-6-4-3-5-7-14;1-11(2)10-12-6-8-13(9-7-12)14(3,4)5;1-10(2)11-6-8-12(9-7-11)13(3,4)5;1-9(2)10-3-5-11(6-4-10)12-7-14-8-13-12;1-9(2)8-11-6-4-10(3)5-7-11;1-9(2)7-11-6-4-5-10(3)8-11;1-8(2)7-9-3-5-10(11)6-4-9;1-7(2)8-3-5-9(10)6-4-8/h4-12H,1-3H3;3-11H,16H2,1-2H3;8-12,14H,3-7H2,1-2H3;6-9,11H,10H2,1-5H3;6-10H,1-5H3;3-9H,1-2H3;4-7,9H,8H2,1-3H3;4-6,8-9H,7H2,1-3H3;3-6,8H,7H2,1-2H3;3-7H,1-2H3. The summed E-state index contributed by atoms with van der Waals surface area (Å²) in [7, 11) is 0. The van der Waals surface area contributed by atoms with Crippen molar-refractivity contribution in [1.82, 2.24) is 4.98 Å². The highest BCUT2D eigenvalue weighted by atomic mass is 35.5. The van der Waals surface area contributed by atoms with E-state index in [1.54, 1.807) is 16.9 Å². The lowest BCUT2D eigenvalue weighted by atomic mass is 9.83. The van der Waals surface area contributed by atoms with Gasteiger partial charge in [-0.3, -0.25) is 0 Å². The van der Waals surface area contributed by atoms with Gasteiger partial charge in [0.25, 0.3) is 0 Å². The van der Waals surface area contributed by atoms with Crippen LogP contribution < -0.4 is 10.5 Å². The van der Waals surface area contributed by atoms with E-state index >= 15 is 0 Å². The van der Waals surface area contributed by atoms with Gasteiger partial charge in [-0.05, 0) is 267 Å². The van der Waals surface area contributed by atoms with Crippen LogP contribution in [0.4, 0.5) is 5.69 Å². The fourth-order valence-electron chi connectivity index (χ4n) is 14.9. The van der Waals surface area contributed by atoms with Gasteiger partial charge in [0.05, 0.1) is 16.9 Å². The van der Waals surface area contributed by atoms with Crippen LogP contribution in [0.3, 0.4) is 0 Å². The van der Waals surface area contributed by atoms with Crippen molar-refractivity contribution >= 4 is 40.2 Å². The number of aryl methyl sites for hydroxylation is 3. The molecule has 3 nitrogen and oxygen atoms in total. The number of hydrogen-bond acceptors (Lipinski definition) is 4. The number of nitrogens with zero attached hydrogens (tertiary/aromatic N) is 1. The number of nitrogens with two attached hydrogens (primary N) is 1. The Bertz CT molecular complexity index is 5140. The third-order valence-electron chi connectivity index (χ3n) is 23.1. The summed E-state index contributed by atoms with van der Waals surface area (Å²) >= 11 is 13.1. The van der Waals surface area contributed by atoms with Gasteiger partial charge >= 0.3 is 0 Å². The first-order valence-electron chi connectivity index (χ1n) is 49.1. The molecule has 14 rings (SSSR count). The first kappa shape index (κ1) is 113. The molecule has 1 aliphatic rings. The summed E-state index contributed by atoms with van der Waals surface area (Å²) in [6, 6.07) is 103. The van der Waals surface area contributed by atoms with Gasteiger partial charge in [0.15, 0.2) is 0 Å². The van der Waals surface area contributed by atoms with Gasteiger partial charge in [-0.25, -0.2) is 4.98 Å². The number of thiazole rings is 1. The minimum Gasteiger partial charge on any atom is -0.455 e. The summed E-state index contributed by atoms with van der Waals surface area (Å²) in [4.78, 5) is 4.28. The average Bonchev–Trinajstić information content (AvgIpc) is 1.29. The Hall–Kier alpha value is -9.55. The Morgan fingerprint density at radius 3 is 1.05 bits per heavy atom. The highest BCUT2D eigenvalue weighted by Gasteiger charge is 2.18. The van der Waals surface area contributed by atoms with Crippen molar-refractivity contribution in [3.8, 4) is 33.9 Å². The van der Waals surface area contributed by atoms with Crippen molar-refractivity contribution in [2.75, 3.05) is 5.73 Å². The fourth-order valence-corrected chi connectivity index (χ4v) is 15.7. The summed E-state index contributed by atoms with van der Waals surface area (Å²) in [5, 5.41) is 3.70. The van der Waals surface area contributed by atoms with E-state index in [4.69, 9.17) is 33.7 Å². The Morgan fingerprint density at radius 2 is 0.674 bits per heavy atom. The number of rotatable bonds is 19. The van der Waals surface area contributed by atoms with Crippen molar-refractivity contribution < 1.29 is 4.74 Å². The number of halogens is 2. The van der Waals surface area contributed by atoms with E-state index in [1.807, 2.05) is 66.2 Å². The summed E-state index contributed by atoms with van der Waals surface area (Å²) in [5.74, 6) is 8.96. The normalized spacial score (nSPS) is 11.8. The minimum absolute atomic E-state index is 0.273. The molecule has 1 fully saturated rings. The number of benzene rings is 12. The van der Waals surface area contributed by atoms with Gasteiger partial charge in [-0.15, -0.1) is 11.3 Å². The molecule has 132 heavy (non-hydrogen) atoms. The molecule has 0 atom stereocenters. The molecule has 0 aliphatic heterocycles. The second-order valence-electron chi connectivity index (χ2n) is 41.5. The molecular formula is C126H168Cl2N2OS. The average molecular weight is 1830 g/mol. The molecule has 0 radical (unpaired) electrons. The van der Waals surface area contributed by atoms with Crippen LogP contribution in [0.1, 0.15) is 343 Å². The molecule has 12 aromatic carbocycles. The van der Waals surface area contributed by atoms with Crippen molar-refractivity contribution in [2.24, 2.45) is 23.7 Å². The number of anilines is 1. The maximum absolute atomic E-state index is 5.82. The first-order chi connectivity index (χ1) is 62.4. The summed E-state index contributed by atoms with van der Waals surface area (Å²) in [6.07, 6.45) is 11.8. The molecular weight excluding hydrogens is 1660 g/mol. The number of ether oxygens (including phenoxy) is 1. The van der Waals surface area contributed by atoms with E-state index in [1.165, 1.54) is 152 Å². The maximum Gasteiger partial charge on any atom is 0.150 e. The Morgan fingerprint density at radius 1 is 0.333 bits per heavy atom. The summed E-state index contributed by atoms with van der Waals surface area (Å²) in [6.45, 7) is 64.4. The molecule has 6 heteroatoms. The van der Waals surface area contributed by atoms with Crippen LogP contribution in [0.15, 0.2) is 302 Å². The zero-order chi connectivity index (χ0) is 97.6. The largest absolute Gasteiger partial charge is 0.455 e. The zero-order valence-electron chi connectivity index (χ0n) is 86.7. The van der Waals surface area contributed by atoms with Crippen molar-refractivity contribution in [2.45, 2.75) is 311 Å². The van der Waals surface area contributed by atoms with Crippen LogP contribution in [0.25, 0.3) is 22.4 Å². The molecule has 13 aromatic rings. The summed E-state index contributed by atoms with van der Waals surface area (Å²) in [5.41, 5.74) is 36.2. The van der Waals surface area contributed by atoms with E-state index in [0.29, 0.717) is 46.9 Å². The molecule has 2 N–H and O–H groups in total. The molecule has 0 spiro atoms. The second kappa shape index (κ2) is 59.2. The molecule has 708 valence electrons. The SMILES string of the molecule is CC(C)Cc1ccc(C(C)(C)C)cc1.CC(C)Cc1ccc(Cl)cc1.CC(C)c1ccc(-c2cscn2)cc1.CC(C)c1ccc(C(C)(C)C)cc1.CC(C)c1ccc(C2CCCCC2)cc1.CC(C)c1ccc(Cl)cc1.CC(C)c1ccc(Oc2ccccc2N)cc1.Cc1ccc(CC(C)C)cc1.Cc1cccc(-c2ccc(C(C)C)cc2)c1.Cc1cccc(CC(C)C)c1. The predicted molar refractivity (Wildman–Crippen MR) is 588 cm³/mol. The van der Waals surface area contributed by atoms with Crippen molar-refractivity contribution in [3.63, 3.8) is 0 Å². The highest BCUT2D eigenvalue weighted by Crippen LogP contribution is 2.35. The number of nitrogen functional groups attached to an aromatic ring is 1. The zero-order valence-corrected chi connectivity index (χ0v) is 89.0. The minimum atomic E-state index is 0.273. The van der Waals surface area contributed by atoms with Gasteiger partial charge < -0.3 is 10.5 Å². The molecule has 0 unspecified atom stereocenters. The maximum atomic E-state index is 5.82. The number of aromatic nitrogens is 1. The molecule has 1 aliphatic carbocycles. The number of hydrogen-bond donors (Lipinski definition) is 1. The third-order valence-corrected chi connectivity index (χ3v) is 24.2. The monoisotopic (exact) mass is 1830 g/mol. The fraction of sp³-hybridized carbons (Fsp3) is 0.405. The lowest BCUT2D eigenvalue weighted by Gasteiger charge is -2.22. The van der Waals surface area contributed by atoms with E-state index in [2.05, 4.69) is 442 Å². The molecule has 0 bridgehead atoms. The van der Waals surface area contributed by atoms with E-state index in [0.717, 1.165) is 57.5 Å². The van der Waals surface area contributed by atoms with E-state index in [9.17, 15) is 0 Å². The quantitative estimate of drug-likeness (QED) is 0.0821. The molecule has 0 saturated heterocycles. The van der Waals surface area contributed by atoms with Crippen molar-refractivity contribution in [1.29, 1.82) is 0 Å². The van der Waals surface area contributed by atoms with E-state index < -0.39 is 0 Å². The first-order valence-corrected chi connectivity index (χ1v) is 50.8. The highest BCUT2D eigenvalue weighted by molar-refractivity contribution is 7.07. The second-order valence-corrected chi connectivity index (χ2v) is 43.1. The number of para-hydroxylation sites is 2. The lowest BCUT2D eigenvalue weighted by molar-refractivity contribution is 0.443. The van der Waals surface area contributed by atoms with Crippen molar-refractivity contribution in [3.05, 3.63) is 401 Å². The topological polar surface area (TPSA) is 48.1 Å². The van der Waals surface area contributed by atoms with Gasteiger partial charge in [0, 0.05) is 21.0 Å². The Labute approximate surface area is 819 Å². The summed E-state index contributed by atoms with van der Waals surface area (Å²) < 4.78 is 5.72. The third kappa shape index (κ3) is 45.5. The van der Waals surface area contributed by atoms with Crippen LogP contribution in [-0.2, 0) is 36.5 Å². The van der Waals surface area contributed by atoms with Crippen LogP contribution in [0.2, 0.25) is 10.0 Å². The van der Waals surface area contributed by atoms with Crippen LogP contribution in [0, 0.1) is 44.4 Å². The molecule has 1 heterocycles. The predicted octanol–water partition coefficient (Wildman–Crippen LogP) is 39.4. The van der Waals surface area contributed by atoms with Gasteiger partial charge in [-0.1, -0.05) is 482 Å². The van der Waals surface area contributed by atoms with Crippen LogP contribution >= 0.6 is 34.5 Å². The van der Waals surface area contributed by atoms with Crippen LogP contribution in [-0.4, -0.2) is 4.98 Å².